The first-order valence-electron chi connectivity index (χ1n) is 7.51. The van der Waals surface area contributed by atoms with Gasteiger partial charge in [-0.25, -0.2) is 17.9 Å². The van der Waals surface area contributed by atoms with Crippen LogP contribution in [0.1, 0.15) is 27.2 Å². The van der Waals surface area contributed by atoms with E-state index in [1.807, 2.05) is 6.92 Å². The van der Waals surface area contributed by atoms with E-state index in [2.05, 4.69) is 4.72 Å². The normalized spacial score (nSPS) is 11.4. The average molecular weight is 364 g/mol. The van der Waals surface area contributed by atoms with Crippen LogP contribution in [-0.2, 0) is 28.4 Å². The number of ether oxygens (including phenoxy) is 1. The maximum absolute atomic E-state index is 12.4. The second kappa shape index (κ2) is 7.20. The van der Waals surface area contributed by atoms with Crippen molar-refractivity contribution >= 4 is 16.0 Å². The Labute approximate surface area is 146 Å². The summed E-state index contributed by atoms with van der Waals surface area (Å²) in [6.07, 6.45) is 0. The molecule has 0 atom stereocenters. The number of carbonyl (C=O) groups is 1. The Morgan fingerprint density at radius 3 is 2.36 bits per heavy atom. The van der Waals surface area contributed by atoms with E-state index in [1.165, 1.54) is 29.9 Å². The van der Waals surface area contributed by atoms with Gasteiger partial charge in [0.25, 0.3) is 5.56 Å². The highest BCUT2D eigenvalue weighted by atomic mass is 32.2. The van der Waals surface area contributed by atoms with E-state index in [0.717, 1.165) is 5.56 Å². The van der Waals surface area contributed by atoms with Crippen LogP contribution in [0.5, 0.6) is 0 Å². The van der Waals surface area contributed by atoms with Gasteiger partial charge in [-0.3, -0.25) is 4.79 Å². The summed E-state index contributed by atoms with van der Waals surface area (Å²) in [4.78, 5) is 24.5. The first-order valence-corrected chi connectivity index (χ1v) is 9.00. The first-order chi connectivity index (χ1) is 11.7. The van der Waals surface area contributed by atoms with Crippen molar-refractivity contribution in [2.75, 3.05) is 7.11 Å². The number of methoxy groups -OCH3 is 1. The fraction of sp³-hybridized carbons (Fsp3) is 0.294. The molecule has 0 saturated heterocycles. The number of carbonyl (C=O) groups excluding carboxylic acids is 1. The Balaban J connectivity index is 2.40. The van der Waals surface area contributed by atoms with Crippen LogP contribution >= 0.6 is 0 Å². The smallest absolute Gasteiger partial charge is 0.338 e. The summed E-state index contributed by atoms with van der Waals surface area (Å²) in [6.45, 7) is 3.21. The van der Waals surface area contributed by atoms with Crippen LogP contribution in [0, 0.1) is 13.8 Å². The quantitative estimate of drug-likeness (QED) is 0.806. The molecule has 25 heavy (non-hydrogen) atoms. The Hall–Kier alpha value is -2.45. The van der Waals surface area contributed by atoms with Crippen molar-refractivity contribution in [1.29, 1.82) is 0 Å². The van der Waals surface area contributed by atoms with Crippen molar-refractivity contribution in [3.63, 3.8) is 0 Å². The minimum Gasteiger partial charge on any atom is -0.465 e. The van der Waals surface area contributed by atoms with Crippen LogP contribution < -0.4 is 10.3 Å². The van der Waals surface area contributed by atoms with Crippen molar-refractivity contribution in [2.45, 2.75) is 25.3 Å². The summed E-state index contributed by atoms with van der Waals surface area (Å²) in [7, 11) is -1.06. The standard InChI is InChI=1S/C17H20N2O5S/c1-11-5-7-13(8-6-11)25(22,23)18-10-15-14(17(21)24-4)9-12(2)19(3)16(15)20/h5-9,18H,10H2,1-4H3. The Morgan fingerprint density at radius 2 is 1.80 bits per heavy atom. The molecular weight excluding hydrogens is 344 g/mol. The highest BCUT2D eigenvalue weighted by Crippen LogP contribution is 2.13. The van der Waals surface area contributed by atoms with E-state index in [1.54, 1.807) is 26.1 Å². The van der Waals surface area contributed by atoms with Gasteiger partial charge < -0.3 is 9.30 Å². The van der Waals surface area contributed by atoms with Crippen LogP contribution in [0.4, 0.5) is 0 Å². The fourth-order valence-corrected chi connectivity index (χ4v) is 3.30. The second-order valence-electron chi connectivity index (χ2n) is 5.67. The number of nitrogens with zero attached hydrogens (tertiary/aromatic N) is 1. The predicted octanol–water partition coefficient (Wildman–Crippen LogP) is 1.27. The first kappa shape index (κ1) is 18.9. The molecule has 8 heteroatoms. The largest absolute Gasteiger partial charge is 0.465 e. The Kier molecular flexibility index (Phi) is 5.44. The number of hydrogen-bond donors (Lipinski definition) is 1. The Morgan fingerprint density at radius 1 is 1.20 bits per heavy atom. The van der Waals surface area contributed by atoms with E-state index in [0.29, 0.717) is 5.69 Å². The van der Waals surface area contributed by atoms with Crippen LogP contribution in [-0.4, -0.2) is 26.1 Å². The molecule has 0 fully saturated rings. The minimum absolute atomic E-state index is 0.0376. The third kappa shape index (κ3) is 3.97. The zero-order valence-electron chi connectivity index (χ0n) is 14.5. The highest BCUT2D eigenvalue weighted by Gasteiger charge is 2.21. The maximum atomic E-state index is 12.4. The lowest BCUT2D eigenvalue weighted by Crippen LogP contribution is -2.32. The molecular formula is C17H20N2O5S. The van der Waals surface area contributed by atoms with Crippen molar-refractivity contribution in [3.8, 4) is 0 Å². The molecule has 1 N–H and O–H groups in total. The summed E-state index contributed by atoms with van der Waals surface area (Å²) >= 11 is 0. The van der Waals surface area contributed by atoms with Gasteiger partial charge in [-0.1, -0.05) is 17.7 Å². The van der Waals surface area contributed by atoms with Gasteiger partial charge in [0, 0.05) is 24.8 Å². The van der Waals surface area contributed by atoms with Gasteiger partial charge in [-0.15, -0.1) is 0 Å². The average Bonchev–Trinajstić information content (AvgIpc) is 2.58. The summed E-state index contributed by atoms with van der Waals surface area (Å²) in [6, 6.07) is 7.82. The van der Waals surface area contributed by atoms with Gasteiger partial charge in [0.2, 0.25) is 10.0 Å². The molecule has 0 aliphatic carbocycles. The van der Waals surface area contributed by atoms with Crippen molar-refractivity contribution in [1.82, 2.24) is 9.29 Å². The van der Waals surface area contributed by atoms with Crippen molar-refractivity contribution in [3.05, 3.63) is 63.1 Å². The number of rotatable bonds is 5. The predicted molar refractivity (Wildman–Crippen MR) is 93.0 cm³/mol. The van der Waals surface area contributed by atoms with E-state index in [4.69, 9.17) is 4.74 Å². The summed E-state index contributed by atoms with van der Waals surface area (Å²) < 4.78 is 33.2. The molecule has 134 valence electrons. The van der Waals surface area contributed by atoms with Crippen molar-refractivity contribution in [2.24, 2.45) is 7.05 Å². The SMILES string of the molecule is COC(=O)c1cc(C)n(C)c(=O)c1CNS(=O)(=O)c1ccc(C)cc1. The van der Waals surface area contributed by atoms with Gasteiger partial charge in [0.15, 0.2) is 0 Å². The topological polar surface area (TPSA) is 94.5 Å². The molecule has 1 aromatic carbocycles. The zero-order chi connectivity index (χ0) is 18.8. The molecule has 0 aliphatic heterocycles. The molecule has 7 nitrogen and oxygen atoms in total. The number of esters is 1. The number of hydrogen-bond acceptors (Lipinski definition) is 5. The molecule has 0 saturated carbocycles. The molecule has 1 heterocycles. The third-order valence-electron chi connectivity index (χ3n) is 3.95. The van der Waals surface area contributed by atoms with Crippen LogP contribution in [0.3, 0.4) is 0 Å². The fourth-order valence-electron chi connectivity index (χ4n) is 2.30. The van der Waals surface area contributed by atoms with Gasteiger partial charge >= 0.3 is 5.97 Å². The summed E-state index contributed by atoms with van der Waals surface area (Å²) in [5.74, 6) is -0.690. The lowest BCUT2D eigenvalue weighted by Gasteiger charge is -2.13. The van der Waals surface area contributed by atoms with Crippen molar-refractivity contribution < 1.29 is 17.9 Å². The molecule has 0 aliphatic rings. The highest BCUT2D eigenvalue weighted by molar-refractivity contribution is 7.89. The summed E-state index contributed by atoms with van der Waals surface area (Å²) in [5, 5.41) is 0. The number of nitrogens with one attached hydrogen (secondary N) is 1. The van der Waals surface area contributed by atoms with Gasteiger partial charge in [-0.05, 0) is 32.0 Å². The van der Waals surface area contributed by atoms with E-state index < -0.39 is 21.6 Å². The number of aryl methyl sites for hydroxylation is 2. The monoisotopic (exact) mass is 364 g/mol. The molecule has 0 unspecified atom stereocenters. The molecule has 2 rings (SSSR count). The van der Waals surface area contributed by atoms with Gasteiger partial charge in [0.05, 0.1) is 17.6 Å². The van der Waals surface area contributed by atoms with E-state index >= 15 is 0 Å². The van der Waals surface area contributed by atoms with Gasteiger partial charge in [0.1, 0.15) is 0 Å². The Bertz CT molecular complexity index is 960. The maximum Gasteiger partial charge on any atom is 0.338 e. The lowest BCUT2D eigenvalue weighted by molar-refractivity contribution is 0.0598. The van der Waals surface area contributed by atoms with Crippen LogP contribution in [0.15, 0.2) is 40.0 Å². The molecule has 0 spiro atoms. The lowest BCUT2D eigenvalue weighted by atomic mass is 10.1. The number of sulfonamides is 1. The molecule has 0 bridgehead atoms. The van der Waals surface area contributed by atoms with Gasteiger partial charge in [-0.2, -0.15) is 0 Å². The number of benzene rings is 1. The molecule has 2 aromatic rings. The third-order valence-corrected chi connectivity index (χ3v) is 5.36. The molecule has 0 radical (unpaired) electrons. The van der Waals surface area contributed by atoms with E-state index in [9.17, 15) is 18.0 Å². The number of aromatic nitrogens is 1. The zero-order valence-corrected chi connectivity index (χ0v) is 15.3. The van der Waals surface area contributed by atoms with E-state index in [-0.39, 0.29) is 22.6 Å². The van der Waals surface area contributed by atoms with Crippen LogP contribution in [0.25, 0.3) is 0 Å². The van der Waals surface area contributed by atoms with Crippen LogP contribution in [0.2, 0.25) is 0 Å². The molecule has 0 amide bonds. The minimum atomic E-state index is -3.81. The summed E-state index contributed by atoms with van der Waals surface area (Å²) in [5.41, 5.74) is 1.13. The second-order valence-corrected chi connectivity index (χ2v) is 7.44. The molecule has 1 aromatic heterocycles. The number of pyridine rings is 1.